The second-order valence-electron chi connectivity index (χ2n) is 8.91. The topological polar surface area (TPSA) is 94.1 Å². The number of benzene rings is 2. The fraction of sp³-hybridized carbons (Fsp3) is 0.517. The molecule has 0 aromatic heterocycles. The largest absolute Gasteiger partial charge is 0.496 e. The summed E-state index contributed by atoms with van der Waals surface area (Å²) in [5, 5.41) is 9.95. The maximum absolute atomic E-state index is 15.4. The molecule has 0 spiro atoms. The third-order valence-corrected chi connectivity index (χ3v) is 6.48. The van der Waals surface area contributed by atoms with Gasteiger partial charge in [-0.05, 0) is 61.9 Å². The van der Waals surface area contributed by atoms with E-state index in [9.17, 15) is 4.79 Å². The quantitative estimate of drug-likeness (QED) is 0.377. The number of halogens is 1. The highest BCUT2D eigenvalue weighted by atomic mass is 19.1. The summed E-state index contributed by atoms with van der Waals surface area (Å²) < 4.78 is 32.1. The van der Waals surface area contributed by atoms with Crippen molar-refractivity contribution < 1.29 is 33.3 Å². The number of hydrogen-bond donors (Lipinski definition) is 2. The van der Waals surface area contributed by atoms with E-state index in [0.29, 0.717) is 34.7 Å². The Hall–Kier alpha value is -3.13. The summed E-state index contributed by atoms with van der Waals surface area (Å²) in [6, 6.07) is 7.27. The number of nitrogens with one attached hydrogen (secondary N) is 1. The number of amides is 1. The van der Waals surface area contributed by atoms with Gasteiger partial charge in [-0.25, -0.2) is 4.39 Å². The van der Waals surface area contributed by atoms with Crippen LogP contribution in [0.3, 0.4) is 0 Å². The molecular weight excluding hydrogens is 477 g/mol. The Kier molecular flexibility index (Phi) is 12.4. The number of rotatable bonds is 8. The molecule has 4 rings (SSSR count). The van der Waals surface area contributed by atoms with E-state index in [4.69, 9.17) is 24.1 Å². The van der Waals surface area contributed by atoms with Gasteiger partial charge in [0.15, 0.2) is 11.6 Å². The first kappa shape index (κ1) is 30.1. The molecule has 2 aliphatic rings. The molecular formula is C29H40FNO6. The van der Waals surface area contributed by atoms with Crippen LogP contribution in [0.15, 0.2) is 24.3 Å². The van der Waals surface area contributed by atoms with Crippen molar-refractivity contribution in [3.8, 4) is 22.6 Å². The van der Waals surface area contributed by atoms with E-state index in [1.165, 1.54) is 13.5 Å². The summed E-state index contributed by atoms with van der Waals surface area (Å²) in [5.41, 5.74) is 3.25. The predicted octanol–water partition coefficient (Wildman–Crippen LogP) is 6.74. The third-order valence-electron chi connectivity index (χ3n) is 6.48. The van der Waals surface area contributed by atoms with Crippen molar-refractivity contribution in [1.29, 1.82) is 0 Å². The lowest BCUT2D eigenvalue weighted by atomic mass is 9.88. The highest BCUT2D eigenvalue weighted by Crippen LogP contribution is 2.40. The van der Waals surface area contributed by atoms with E-state index in [0.717, 1.165) is 44.1 Å². The van der Waals surface area contributed by atoms with Gasteiger partial charge in [-0.15, -0.1) is 0 Å². The molecule has 2 fully saturated rings. The highest BCUT2D eigenvalue weighted by molar-refractivity contribution is 5.93. The maximum Gasteiger partial charge on any atom is 0.290 e. The molecule has 1 amide bonds. The molecule has 0 bridgehead atoms. The summed E-state index contributed by atoms with van der Waals surface area (Å²) >= 11 is 0. The number of hydrogen-bond acceptors (Lipinski definition) is 5. The van der Waals surface area contributed by atoms with Crippen molar-refractivity contribution in [1.82, 2.24) is 0 Å². The fourth-order valence-electron chi connectivity index (χ4n) is 4.46. The van der Waals surface area contributed by atoms with Crippen LogP contribution >= 0.6 is 0 Å². The molecule has 0 saturated heterocycles. The molecule has 2 saturated carbocycles. The number of carboxylic acid groups (broad SMARTS) is 1. The van der Waals surface area contributed by atoms with E-state index >= 15 is 4.39 Å². The molecule has 7 nitrogen and oxygen atoms in total. The zero-order chi connectivity index (χ0) is 27.4. The Balaban J connectivity index is 0.000000898. The van der Waals surface area contributed by atoms with Crippen molar-refractivity contribution in [2.75, 3.05) is 19.5 Å². The minimum Gasteiger partial charge on any atom is -0.496 e. The zero-order valence-electron chi connectivity index (χ0n) is 22.6. The van der Waals surface area contributed by atoms with Crippen LogP contribution in [0.1, 0.15) is 69.9 Å². The first-order chi connectivity index (χ1) is 17.9. The van der Waals surface area contributed by atoms with E-state index in [1.54, 1.807) is 20.1 Å². The molecule has 2 N–H and O–H groups in total. The van der Waals surface area contributed by atoms with Crippen molar-refractivity contribution >= 4 is 18.1 Å². The normalized spacial score (nSPS) is 14.9. The highest BCUT2D eigenvalue weighted by Gasteiger charge is 2.25. The van der Waals surface area contributed by atoms with Crippen molar-refractivity contribution in [2.45, 2.75) is 78.4 Å². The molecule has 37 heavy (non-hydrogen) atoms. The molecule has 0 heterocycles. The van der Waals surface area contributed by atoms with Gasteiger partial charge in [-0.3, -0.25) is 9.59 Å². The average Bonchev–Trinajstić information content (AvgIpc) is 3.75. The van der Waals surface area contributed by atoms with Gasteiger partial charge < -0.3 is 24.6 Å². The first-order valence-corrected chi connectivity index (χ1v) is 13.0. The SMILES string of the molecule is CC.COc1cc(-c2ccc(NC(=O)C3CCCCC3)cc2COC2CC2)c(F)c(OC)c1C.O=CO. The van der Waals surface area contributed by atoms with Crippen LogP contribution in [-0.2, 0) is 20.9 Å². The fourth-order valence-corrected chi connectivity index (χ4v) is 4.46. The monoisotopic (exact) mass is 517 g/mol. The Morgan fingerprint density at radius 2 is 1.70 bits per heavy atom. The minimum atomic E-state index is -0.433. The van der Waals surface area contributed by atoms with Gasteiger partial charge in [0.25, 0.3) is 6.47 Å². The molecule has 0 unspecified atom stereocenters. The molecule has 2 aromatic carbocycles. The van der Waals surface area contributed by atoms with Crippen LogP contribution in [0.5, 0.6) is 11.5 Å². The van der Waals surface area contributed by atoms with Crippen molar-refractivity contribution in [3.63, 3.8) is 0 Å². The molecule has 8 heteroatoms. The van der Waals surface area contributed by atoms with E-state index < -0.39 is 5.82 Å². The van der Waals surface area contributed by atoms with Crippen LogP contribution in [0.2, 0.25) is 0 Å². The lowest BCUT2D eigenvalue weighted by Gasteiger charge is -2.21. The second kappa shape index (κ2) is 15.2. The Morgan fingerprint density at radius 1 is 1.05 bits per heavy atom. The van der Waals surface area contributed by atoms with Crippen LogP contribution in [-0.4, -0.2) is 37.8 Å². The Bertz CT molecular complexity index is 1030. The number of carbonyl (C=O) groups is 2. The zero-order valence-corrected chi connectivity index (χ0v) is 22.6. The average molecular weight is 518 g/mol. The van der Waals surface area contributed by atoms with Gasteiger partial charge in [-0.1, -0.05) is 39.2 Å². The van der Waals surface area contributed by atoms with E-state index in [2.05, 4.69) is 5.32 Å². The van der Waals surface area contributed by atoms with Crippen molar-refractivity contribution in [3.05, 3.63) is 41.2 Å². The first-order valence-electron chi connectivity index (χ1n) is 13.0. The molecule has 204 valence electrons. The maximum atomic E-state index is 15.4. The number of ether oxygens (including phenoxy) is 3. The van der Waals surface area contributed by atoms with Crippen molar-refractivity contribution in [2.24, 2.45) is 5.92 Å². The van der Waals surface area contributed by atoms with Gasteiger partial charge >= 0.3 is 0 Å². The van der Waals surface area contributed by atoms with Gasteiger partial charge in [0.1, 0.15) is 5.75 Å². The standard InChI is InChI=1S/C26H32FNO4.C2H6.CH2O2/c1-16-23(30-2)14-22(24(27)25(16)31-3)21-12-9-19(13-18(21)15-32-20-10-11-20)28-26(29)17-7-5-4-6-8-17;1-2;2-1-3/h9,12-14,17,20H,4-8,10-11,15H2,1-3H3,(H,28,29);1-2H3;1H,(H,2,3). The van der Waals surface area contributed by atoms with Crippen LogP contribution in [0, 0.1) is 18.7 Å². The predicted molar refractivity (Wildman–Crippen MR) is 143 cm³/mol. The van der Waals surface area contributed by atoms with Gasteiger partial charge in [0, 0.05) is 22.7 Å². The van der Waals surface area contributed by atoms with E-state index in [1.807, 2.05) is 32.0 Å². The molecule has 2 aromatic rings. The minimum absolute atomic E-state index is 0.0661. The second-order valence-corrected chi connectivity index (χ2v) is 8.91. The van der Waals surface area contributed by atoms with Crippen LogP contribution in [0.4, 0.5) is 10.1 Å². The lowest BCUT2D eigenvalue weighted by molar-refractivity contribution is -0.123. The molecule has 0 aliphatic heterocycles. The Morgan fingerprint density at radius 3 is 2.27 bits per heavy atom. The number of carbonyl (C=O) groups excluding carboxylic acids is 1. The number of methoxy groups -OCH3 is 2. The third kappa shape index (κ3) is 8.18. The summed E-state index contributed by atoms with van der Waals surface area (Å²) in [5.74, 6) is 0.427. The van der Waals surface area contributed by atoms with E-state index in [-0.39, 0.29) is 30.2 Å². The molecule has 0 radical (unpaired) electrons. The number of anilines is 1. The summed E-state index contributed by atoms with van der Waals surface area (Å²) in [6.07, 6.45) is 7.65. The smallest absolute Gasteiger partial charge is 0.290 e. The molecule has 0 atom stereocenters. The van der Waals surface area contributed by atoms with Gasteiger partial charge in [-0.2, -0.15) is 0 Å². The van der Waals surface area contributed by atoms with Gasteiger partial charge in [0.2, 0.25) is 5.91 Å². The van der Waals surface area contributed by atoms with Crippen LogP contribution < -0.4 is 14.8 Å². The summed E-state index contributed by atoms with van der Waals surface area (Å²) in [7, 11) is 3.01. The Labute approximate surface area is 219 Å². The van der Waals surface area contributed by atoms with Crippen LogP contribution in [0.25, 0.3) is 11.1 Å². The molecule has 2 aliphatic carbocycles. The van der Waals surface area contributed by atoms with Gasteiger partial charge in [0.05, 0.1) is 26.9 Å². The lowest BCUT2D eigenvalue weighted by Crippen LogP contribution is -2.24. The summed E-state index contributed by atoms with van der Waals surface area (Å²) in [6.45, 7) is 5.87. The summed E-state index contributed by atoms with van der Waals surface area (Å²) in [4.78, 5) is 21.1.